The predicted octanol–water partition coefficient (Wildman–Crippen LogP) is 4.21. The van der Waals surface area contributed by atoms with Gasteiger partial charge in [0.25, 0.3) is 0 Å². The van der Waals surface area contributed by atoms with E-state index in [1.54, 1.807) is 12.4 Å². The molecule has 0 N–H and O–H groups in total. The van der Waals surface area contributed by atoms with Gasteiger partial charge in [-0.25, -0.2) is 4.79 Å². The number of ether oxygens (including phenoxy) is 1. The van der Waals surface area contributed by atoms with E-state index in [2.05, 4.69) is 9.88 Å². The predicted molar refractivity (Wildman–Crippen MR) is 107 cm³/mol. The first-order valence-corrected chi connectivity index (χ1v) is 9.17. The molecular weight excluding hydrogens is 352 g/mol. The molecule has 5 heteroatoms. The van der Waals surface area contributed by atoms with Gasteiger partial charge in [-0.1, -0.05) is 30.3 Å². The van der Waals surface area contributed by atoms with E-state index in [1.165, 1.54) is 0 Å². The van der Waals surface area contributed by atoms with Crippen molar-refractivity contribution in [1.29, 1.82) is 0 Å². The van der Waals surface area contributed by atoms with Gasteiger partial charge in [0.15, 0.2) is 0 Å². The lowest BCUT2D eigenvalue weighted by atomic mass is 10.0. The summed E-state index contributed by atoms with van der Waals surface area (Å²) in [5.41, 5.74) is 3.76. The van der Waals surface area contributed by atoms with Crippen molar-refractivity contribution in [3.63, 3.8) is 0 Å². The molecule has 0 bridgehead atoms. The molecule has 2 aromatic heterocycles. The van der Waals surface area contributed by atoms with Crippen LogP contribution >= 0.6 is 0 Å². The highest BCUT2D eigenvalue weighted by Gasteiger charge is 2.22. The highest BCUT2D eigenvalue weighted by Crippen LogP contribution is 2.33. The van der Waals surface area contributed by atoms with Crippen LogP contribution in [0.4, 0.5) is 0 Å². The largest absolute Gasteiger partial charge is 0.478 e. The van der Waals surface area contributed by atoms with Crippen LogP contribution in [0.25, 0.3) is 22.1 Å². The first kappa shape index (κ1) is 16.7. The number of nitrogens with zero attached hydrogens (tertiary/aromatic N) is 2. The van der Waals surface area contributed by atoms with Crippen LogP contribution in [-0.2, 0) is 13.1 Å². The molecule has 0 radical (unpaired) electrons. The van der Waals surface area contributed by atoms with E-state index in [1.807, 2.05) is 60.7 Å². The summed E-state index contributed by atoms with van der Waals surface area (Å²) in [5.74, 6) is 0.772. The average Bonchev–Trinajstić information content (AvgIpc) is 2.75. The van der Waals surface area contributed by atoms with Crippen molar-refractivity contribution in [2.24, 2.45) is 0 Å². The Bertz CT molecular complexity index is 1190. The van der Waals surface area contributed by atoms with E-state index in [-0.39, 0.29) is 5.63 Å². The van der Waals surface area contributed by atoms with E-state index in [0.29, 0.717) is 24.4 Å². The average molecular weight is 370 g/mol. The first-order chi connectivity index (χ1) is 13.8. The summed E-state index contributed by atoms with van der Waals surface area (Å²) in [5, 5.41) is 0.895. The molecule has 3 heterocycles. The zero-order valence-electron chi connectivity index (χ0n) is 15.2. The number of hydrogen-bond donors (Lipinski definition) is 0. The van der Waals surface area contributed by atoms with Crippen LogP contribution in [-0.4, -0.2) is 16.6 Å². The quantitative estimate of drug-likeness (QED) is 0.506. The Balaban J connectivity index is 1.54. The van der Waals surface area contributed by atoms with E-state index in [0.717, 1.165) is 34.4 Å². The molecule has 0 aliphatic carbocycles. The summed E-state index contributed by atoms with van der Waals surface area (Å²) in [6, 6.07) is 19.4. The highest BCUT2D eigenvalue weighted by molar-refractivity contribution is 5.86. The third-order valence-corrected chi connectivity index (χ3v) is 4.99. The normalized spacial score (nSPS) is 13.9. The van der Waals surface area contributed by atoms with Crippen molar-refractivity contribution in [1.82, 2.24) is 9.88 Å². The fraction of sp³-hybridized carbons (Fsp3) is 0.130. The van der Waals surface area contributed by atoms with Crippen LogP contribution in [0.5, 0.6) is 5.75 Å². The molecule has 5 rings (SSSR count). The smallest absolute Gasteiger partial charge is 0.344 e. The highest BCUT2D eigenvalue weighted by atomic mass is 16.5. The fourth-order valence-corrected chi connectivity index (χ4v) is 3.61. The minimum atomic E-state index is -0.335. The maximum Gasteiger partial charge on any atom is 0.344 e. The van der Waals surface area contributed by atoms with Gasteiger partial charge < -0.3 is 9.15 Å². The van der Waals surface area contributed by atoms with Crippen LogP contribution < -0.4 is 10.4 Å². The Morgan fingerprint density at radius 3 is 2.64 bits per heavy atom. The van der Waals surface area contributed by atoms with Crippen LogP contribution in [0.1, 0.15) is 11.1 Å². The number of aromatic nitrogens is 1. The summed E-state index contributed by atoms with van der Waals surface area (Å²) >= 11 is 0. The molecular formula is C23H18N2O3. The maximum absolute atomic E-state index is 12.7. The Morgan fingerprint density at radius 2 is 1.82 bits per heavy atom. The third-order valence-electron chi connectivity index (χ3n) is 4.99. The van der Waals surface area contributed by atoms with Crippen LogP contribution in [0.3, 0.4) is 0 Å². The van der Waals surface area contributed by atoms with Crippen LogP contribution in [0, 0.1) is 0 Å². The van der Waals surface area contributed by atoms with Gasteiger partial charge in [-0.05, 0) is 41.5 Å². The molecule has 1 aliphatic heterocycles. The molecule has 1 aliphatic rings. The Morgan fingerprint density at radius 1 is 1.00 bits per heavy atom. The van der Waals surface area contributed by atoms with Gasteiger partial charge in [-0.3, -0.25) is 9.88 Å². The number of pyridine rings is 1. The lowest BCUT2D eigenvalue weighted by Crippen LogP contribution is -2.31. The first-order valence-electron chi connectivity index (χ1n) is 9.17. The topological polar surface area (TPSA) is 55.6 Å². The summed E-state index contributed by atoms with van der Waals surface area (Å²) < 4.78 is 11.7. The van der Waals surface area contributed by atoms with Crippen molar-refractivity contribution < 1.29 is 9.15 Å². The minimum absolute atomic E-state index is 0.335. The van der Waals surface area contributed by atoms with Crippen LogP contribution in [0.2, 0.25) is 0 Å². The molecule has 0 spiro atoms. The second kappa shape index (κ2) is 6.94. The van der Waals surface area contributed by atoms with Crippen molar-refractivity contribution in [3.8, 4) is 16.9 Å². The Hall–Kier alpha value is -3.44. The molecule has 28 heavy (non-hydrogen) atoms. The van der Waals surface area contributed by atoms with Gasteiger partial charge in [0.2, 0.25) is 0 Å². The van der Waals surface area contributed by atoms with Gasteiger partial charge in [-0.2, -0.15) is 0 Å². The SMILES string of the molecule is O=c1oc2c3c(ccc2cc1-c1ccccc1)OCN(Cc1ccncc1)C3. The molecule has 0 atom stereocenters. The van der Waals surface area contributed by atoms with Gasteiger partial charge in [0.05, 0.1) is 11.1 Å². The Kier molecular flexibility index (Phi) is 4.14. The van der Waals surface area contributed by atoms with Crippen molar-refractivity contribution in [2.45, 2.75) is 13.1 Å². The Labute approximate surface area is 161 Å². The molecule has 5 nitrogen and oxygen atoms in total. The third kappa shape index (κ3) is 3.06. The molecule has 4 aromatic rings. The number of fused-ring (bicyclic) bond motifs is 3. The molecule has 0 amide bonds. The lowest BCUT2D eigenvalue weighted by molar-refractivity contribution is 0.0889. The molecule has 138 valence electrons. The summed E-state index contributed by atoms with van der Waals surface area (Å²) in [7, 11) is 0. The van der Waals surface area contributed by atoms with Crippen molar-refractivity contribution >= 4 is 11.0 Å². The lowest BCUT2D eigenvalue weighted by Gasteiger charge is -2.29. The van der Waals surface area contributed by atoms with E-state index in [9.17, 15) is 4.79 Å². The minimum Gasteiger partial charge on any atom is -0.478 e. The molecule has 0 saturated heterocycles. The van der Waals surface area contributed by atoms with E-state index in [4.69, 9.17) is 9.15 Å². The van der Waals surface area contributed by atoms with Crippen LogP contribution in [0.15, 0.2) is 82.3 Å². The second-order valence-corrected chi connectivity index (χ2v) is 6.89. The summed E-state index contributed by atoms with van der Waals surface area (Å²) in [6.07, 6.45) is 3.57. The standard InChI is InChI=1S/C23H18N2O3/c26-23-19(17-4-2-1-3-5-17)12-18-6-7-21-20(22(18)28-23)14-25(15-27-21)13-16-8-10-24-11-9-16/h1-12H,13-15H2. The fourth-order valence-electron chi connectivity index (χ4n) is 3.61. The maximum atomic E-state index is 12.7. The van der Waals surface area contributed by atoms with E-state index >= 15 is 0 Å². The zero-order valence-corrected chi connectivity index (χ0v) is 15.2. The van der Waals surface area contributed by atoms with Gasteiger partial charge in [0.1, 0.15) is 18.1 Å². The molecule has 0 unspecified atom stereocenters. The molecule has 2 aromatic carbocycles. The van der Waals surface area contributed by atoms with Crippen molar-refractivity contribution in [2.75, 3.05) is 6.73 Å². The van der Waals surface area contributed by atoms with Gasteiger partial charge >= 0.3 is 5.63 Å². The monoisotopic (exact) mass is 370 g/mol. The number of rotatable bonds is 3. The zero-order chi connectivity index (χ0) is 18.9. The number of hydrogen-bond acceptors (Lipinski definition) is 5. The van der Waals surface area contributed by atoms with Gasteiger partial charge in [0, 0.05) is 30.9 Å². The van der Waals surface area contributed by atoms with E-state index < -0.39 is 0 Å². The number of benzene rings is 2. The second-order valence-electron chi connectivity index (χ2n) is 6.89. The van der Waals surface area contributed by atoms with Crippen molar-refractivity contribution in [3.05, 3.63) is 94.6 Å². The van der Waals surface area contributed by atoms with Gasteiger partial charge in [-0.15, -0.1) is 0 Å². The summed E-state index contributed by atoms with van der Waals surface area (Å²) in [6.45, 7) is 1.89. The molecule has 0 fully saturated rings. The molecule has 0 saturated carbocycles. The summed E-state index contributed by atoms with van der Waals surface area (Å²) in [4.78, 5) is 18.9.